The molecule has 0 heterocycles. The van der Waals surface area contributed by atoms with Gasteiger partial charge in [-0.25, -0.2) is 0 Å². The third-order valence-corrected chi connectivity index (χ3v) is 2.75. The van der Waals surface area contributed by atoms with Crippen LogP contribution in [0.25, 0.3) is 0 Å². The molecule has 0 spiro atoms. The average Bonchev–Trinajstić information content (AvgIpc) is 2.27. The summed E-state index contributed by atoms with van der Waals surface area (Å²) in [5.41, 5.74) is 0.929. The molecular formula is C14H22O2. The van der Waals surface area contributed by atoms with Gasteiger partial charge in [0.15, 0.2) is 5.75 Å². The summed E-state index contributed by atoms with van der Waals surface area (Å²) in [5.74, 6) is 1.25. The van der Waals surface area contributed by atoms with Crippen molar-refractivity contribution in [1.82, 2.24) is 0 Å². The molecule has 16 heavy (non-hydrogen) atoms. The first-order valence-electron chi connectivity index (χ1n) is 5.91. The van der Waals surface area contributed by atoms with Gasteiger partial charge in [0.1, 0.15) is 5.60 Å². The maximum atomic E-state index is 5.46. The topological polar surface area (TPSA) is 18.5 Å². The third-order valence-electron chi connectivity index (χ3n) is 2.75. The molecule has 0 aromatic heterocycles. The molecule has 1 aromatic carbocycles. The van der Waals surface area contributed by atoms with Crippen LogP contribution in [0.5, 0.6) is 5.75 Å². The lowest BCUT2D eigenvalue weighted by Crippen LogP contribution is -2.25. The van der Waals surface area contributed by atoms with E-state index in [9.17, 15) is 0 Å². The summed E-state index contributed by atoms with van der Waals surface area (Å²) < 4.78 is 0. The Balaban J connectivity index is 2.74. The Morgan fingerprint density at radius 1 is 1.19 bits per heavy atom. The average molecular weight is 222 g/mol. The smallest absolute Gasteiger partial charge is 0.168 e. The second kappa shape index (κ2) is 5.35. The first-order chi connectivity index (χ1) is 7.46. The van der Waals surface area contributed by atoms with E-state index in [-0.39, 0.29) is 5.60 Å². The van der Waals surface area contributed by atoms with E-state index < -0.39 is 0 Å². The highest BCUT2D eigenvalue weighted by Gasteiger charge is 2.19. The van der Waals surface area contributed by atoms with Gasteiger partial charge in [-0.05, 0) is 32.3 Å². The fraction of sp³-hybridized carbons (Fsp3) is 0.571. The molecule has 0 unspecified atom stereocenters. The van der Waals surface area contributed by atoms with Crippen LogP contribution in [0.4, 0.5) is 0 Å². The largest absolute Gasteiger partial charge is 0.337 e. The molecular weight excluding hydrogens is 200 g/mol. The minimum Gasteiger partial charge on any atom is -0.337 e. The van der Waals surface area contributed by atoms with E-state index in [2.05, 4.69) is 26.8 Å². The Hall–Kier alpha value is -1.02. The zero-order valence-corrected chi connectivity index (χ0v) is 10.9. The molecule has 0 amide bonds. The highest BCUT2D eigenvalue weighted by Crippen LogP contribution is 2.27. The standard InChI is InChI=1S/C14H22O2/c1-6-14(4,5)16-15-13-10-8-7-9-12(13)11(2)3/h7-11H,6H2,1-5H3. The van der Waals surface area contributed by atoms with Crippen molar-refractivity contribution in [3.8, 4) is 5.75 Å². The van der Waals surface area contributed by atoms with E-state index in [1.807, 2.05) is 32.0 Å². The Labute approximate surface area is 98.5 Å². The van der Waals surface area contributed by atoms with Crippen molar-refractivity contribution in [1.29, 1.82) is 0 Å². The quantitative estimate of drug-likeness (QED) is 0.546. The molecule has 0 aliphatic rings. The maximum absolute atomic E-state index is 5.46. The van der Waals surface area contributed by atoms with E-state index in [1.54, 1.807) is 0 Å². The van der Waals surface area contributed by atoms with Crippen LogP contribution < -0.4 is 4.89 Å². The molecule has 0 N–H and O–H groups in total. The van der Waals surface area contributed by atoms with Crippen LogP contribution in [-0.2, 0) is 4.89 Å². The molecule has 0 atom stereocenters. The molecule has 0 saturated carbocycles. The van der Waals surface area contributed by atoms with E-state index in [0.717, 1.165) is 12.2 Å². The van der Waals surface area contributed by atoms with Crippen molar-refractivity contribution in [2.75, 3.05) is 0 Å². The van der Waals surface area contributed by atoms with Gasteiger partial charge in [0.2, 0.25) is 0 Å². The lowest BCUT2D eigenvalue weighted by molar-refractivity contribution is -0.281. The van der Waals surface area contributed by atoms with Crippen molar-refractivity contribution in [3.05, 3.63) is 29.8 Å². The number of rotatable bonds is 5. The van der Waals surface area contributed by atoms with Crippen LogP contribution in [0.3, 0.4) is 0 Å². The van der Waals surface area contributed by atoms with Gasteiger partial charge in [-0.2, -0.15) is 4.89 Å². The fourth-order valence-corrected chi connectivity index (χ4v) is 1.25. The molecule has 90 valence electrons. The van der Waals surface area contributed by atoms with Crippen LogP contribution >= 0.6 is 0 Å². The molecule has 1 rings (SSSR count). The van der Waals surface area contributed by atoms with Gasteiger partial charge in [-0.1, -0.05) is 39.0 Å². The van der Waals surface area contributed by atoms with E-state index in [0.29, 0.717) is 5.92 Å². The summed E-state index contributed by atoms with van der Waals surface area (Å²) in [7, 11) is 0. The first kappa shape index (κ1) is 13.0. The van der Waals surface area contributed by atoms with Crippen molar-refractivity contribution >= 4 is 0 Å². The Morgan fingerprint density at radius 2 is 1.81 bits per heavy atom. The number of benzene rings is 1. The van der Waals surface area contributed by atoms with Crippen LogP contribution in [-0.4, -0.2) is 5.60 Å². The van der Waals surface area contributed by atoms with Gasteiger partial charge in [0, 0.05) is 5.56 Å². The summed E-state index contributed by atoms with van der Waals surface area (Å²) in [4.78, 5) is 10.9. The summed E-state index contributed by atoms with van der Waals surface area (Å²) in [6.45, 7) is 10.4. The van der Waals surface area contributed by atoms with E-state index in [1.165, 1.54) is 5.56 Å². The molecule has 1 aromatic rings. The van der Waals surface area contributed by atoms with Crippen molar-refractivity contribution in [2.24, 2.45) is 0 Å². The van der Waals surface area contributed by atoms with Crippen LogP contribution in [0.1, 0.15) is 52.5 Å². The summed E-state index contributed by atoms with van der Waals surface area (Å²) in [6, 6.07) is 8.00. The lowest BCUT2D eigenvalue weighted by atomic mass is 10.0. The van der Waals surface area contributed by atoms with Crippen LogP contribution in [0, 0.1) is 0 Å². The van der Waals surface area contributed by atoms with Crippen molar-refractivity contribution in [3.63, 3.8) is 0 Å². The maximum Gasteiger partial charge on any atom is 0.168 e. The number of hydrogen-bond acceptors (Lipinski definition) is 2. The molecule has 0 radical (unpaired) electrons. The number of hydrogen-bond donors (Lipinski definition) is 0. The minimum absolute atomic E-state index is 0.246. The monoisotopic (exact) mass is 222 g/mol. The summed E-state index contributed by atoms with van der Waals surface area (Å²) >= 11 is 0. The highest BCUT2D eigenvalue weighted by molar-refractivity contribution is 5.35. The molecule has 0 bridgehead atoms. The van der Waals surface area contributed by atoms with Gasteiger partial charge >= 0.3 is 0 Å². The number of para-hydroxylation sites is 1. The zero-order chi connectivity index (χ0) is 12.2. The van der Waals surface area contributed by atoms with Gasteiger partial charge in [0.25, 0.3) is 0 Å². The first-order valence-corrected chi connectivity index (χ1v) is 5.91. The van der Waals surface area contributed by atoms with Gasteiger partial charge in [-0.3, -0.25) is 0 Å². The molecule has 0 fully saturated rings. The van der Waals surface area contributed by atoms with Crippen LogP contribution in [0.15, 0.2) is 24.3 Å². The molecule has 0 saturated heterocycles. The SMILES string of the molecule is CCC(C)(C)OOc1ccccc1C(C)C. The van der Waals surface area contributed by atoms with Gasteiger partial charge in [0.05, 0.1) is 0 Å². The molecule has 0 aliphatic heterocycles. The molecule has 2 nitrogen and oxygen atoms in total. The predicted molar refractivity (Wildman–Crippen MR) is 66.6 cm³/mol. The van der Waals surface area contributed by atoms with Gasteiger partial charge < -0.3 is 4.89 Å². The Morgan fingerprint density at radius 3 is 2.38 bits per heavy atom. The van der Waals surface area contributed by atoms with Crippen LogP contribution in [0.2, 0.25) is 0 Å². The minimum atomic E-state index is -0.246. The normalized spacial score (nSPS) is 11.9. The Kier molecular flexibility index (Phi) is 4.36. The Bertz CT molecular complexity index is 329. The van der Waals surface area contributed by atoms with Crippen molar-refractivity contribution in [2.45, 2.75) is 52.6 Å². The van der Waals surface area contributed by atoms with Crippen molar-refractivity contribution < 1.29 is 9.78 Å². The summed E-state index contributed by atoms with van der Waals surface area (Å²) in [6.07, 6.45) is 0.914. The highest BCUT2D eigenvalue weighted by atomic mass is 17.2. The summed E-state index contributed by atoms with van der Waals surface area (Å²) in [5, 5.41) is 0. The fourth-order valence-electron chi connectivity index (χ4n) is 1.25. The third kappa shape index (κ3) is 3.53. The predicted octanol–water partition coefficient (Wildman–Crippen LogP) is 4.31. The lowest BCUT2D eigenvalue weighted by Gasteiger charge is -2.22. The second-order valence-electron chi connectivity index (χ2n) is 4.97. The molecule has 2 heteroatoms. The van der Waals surface area contributed by atoms with E-state index in [4.69, 9.17) is 9.78 Å². The van der Waals surface area contributed by atoms with Gasteiger partial charge in [-0.15, -0.1) is 0 Å². The molecule has 0 aliphatic carbocycles. The van der Waals surface area contributed by atoms with E-state index >= 15 is 0 Å². The zero-order valence-electron chi connectivity index (χ0n) is 10.9. The second-order valence-corrected chi connectivity index (χ2v) is 4.97.